The second-order valence-electron chi connectivity index (χ2n) is 12.5. The van der Waals surface area contributed by atoms with Gasteiger partial charge in [0.05, 0.1) is 12.1 Å². The monoisotopic (exact) mass is 678 g/mol. The van der Waals surface area contributed by atoms with Crippen LogP contribution in [0, 0.1) is 17.3 Å². The Morgan fingerprint density at radius 2 is 1.65 bits per heavy atom. The standard InChI is InChI=1S/C26H34F8N6O6/c1-23(2)14-10-39(20(43)16(36-21(44)25(29,30)31)11-38-7-4-24(27,28)5-8-38)40(18(14)23)22(45)37-15(9-13-3-6-35-19(13)42)17(41)12-46-26(32,33)34/h13-16,18H,3-12H2,1-2H3,(H,35,42)(H,36,44)(H,37,45)/t13-,14-,15-,16?,18+/m0/s1. The predicted octanol–water partition coefficient (Wildman–Crippen LogP) is 1.56. The highest BCUT2D eigenvalue weighted by molar-refractivity contribution is 5.93. The summed E-state index contributed by atoms with van der Waals surface area (Å²) in [5.74, 6) is -9.64. The molecule has 1 aliphatic carbocycles. The molecule has 0 spiro atoms. The molecule has 3 N–H and O–H groups in total. The van der Waals surface area contributed by atoms with Gasteiger partial charge in [0.25, 0.3) is 11.8 Å². The minimum atomic E-state index is -5.40. The van der Waals surface area contributed by atoms with Crippen molar-refractivity contribution in [2.75, 3.05) is 39.3 Å². The van der Waals surface area contributed by atoms with Crippen molar-refractivity contribution in [3.05, 3.63) is 0 Å². The Morgan fingerprint density at radius 1 is 1.02 bits per heavy atom. The minimum absolute atomic E-state index is 0.207. The third-order valence-electron chi connectivity index (χ3n) is 8.98. The maximum atomic E-state index is 13.7. The van der Waals surface area contributed by atoms with Crippen LogP contribution in [0.5, 0.6) is 0 Å². The molecule has 5 amide bonds. The van der Waals surface area contributed by atoms with Crippen molar-refractivity contribution in [3.8, 4) is 0 Å². The van der Waals surface area contributed by atoms with Crippen LogP contribution < -0.4 is 16.0 Å². The van der Waals surface area contributed by atoms with Crippen molar-refractivity contribution < 1.29 is 63.8 Å². The van der Waals surface area contributed by atoms with Gasteiger partial charge in [-0.2, -0.15) is 13.2 Å². The first-order valence-electron chi connectivity index (χ1n) is 14.5. The summed E-state index contributed by atoms with van der Waals surface area (Å²) in [5.41, 5.74) is -0.623. The lowest BCUT2D eigenvalue weighted by Crippen LogP contribution is -2.62. The van der Waals surface area contributed by atoms with Gasteiger partial charge in [-0.25, -0.2) is 23.6 Å². The number of fused-ring (bicyclic) bond motifs is 1. The van der Waals surface area contributed by atoms with Gasteiger partial charge in [-0.1, -0.05) is 13.8 Å². The summed E-state index contributed by atoms with van der Waals surface area (Å²) in [5, 5.41) is 8.00. The molecule has 0 radical (unpaired) electrons. The largest absolute Gasteiger partial charge is 0.522 e. The fourth-order valence-corrected chi connectivity index (χ4v) is 6.21. The molecule has 0 aromatic carbocycles. The molecule has 5 atom stereocenters. The van der Waals surface area contributed by atoms with Gasteiger partial charge in [-0.05, 0) is 18.3 Å². The SMILES string of the molecule is CC1(C)[C@H]2CN(C(=O)C(CN3CCC(F)(F)CC3)NC(=O)C(F)(F)F)N(C(=O)N[C@@H](C[C@@H]3CCNC3=O)C(=O)COC(F)(F)F)[C@H]21. The molecule has 3 aliphatic heterocycles. The number of nitrogens with one attached hydrogen (secondary N) is 3. The van der Waals surface area contributed by atoms with E-state index in [1.165, 1.54) is 4.90 Å². The Labute approximate surface area is 257 Å². The number of nitrogens with zero attached hydrogens (tertiary/aromatic N) is 3. The number of piperidine rings is 1. The number of carbonyl (C=O) groups is 5. The molecule has 3 saturated heterocycles. The third kappa shape index (κ3) is 8.16. The summed E-state index contributed by atoms with van der Waals surface area (Å²) < 4.78 is 109. The van der Waals surface area contributed by atoms with Crippen LogP contribution in [-0.2, 0) is 23.9 Å². The van der Waals surface area contributed by atoms with Gasteiger partial charge in [0.2, 0.25) is 5.91 Å². The molecule has 3 heterocycles. The Bertz CT molecular complexity index is 1220. The molecule has 4 fully saturated rings. The number of Topliss-reactive ketones (excluding diaryl/α,β-unsaturated/α-hetero) is 1. The first-order chi connectivity index (χ1) is 21.1. The molecule has 0 bridgehead atoms. The number of hydrogen-bond donors (Lipinski definition) is 3. The number of ether oxygens (including phenoxy) is 1. The molecule has 0 aromatic rings. The van der Waals surface area contributed by atoms with Gasteiger partial charge in [-0.15, -0.1) is 13.2 Å². The van der Waals surface area contributed by atoms with Crippen LogP contribution in [0.4, 0.5) is 39.9 Å². The number of alkyl halides is 8. The van der Waals surface area contributed by atoms with E-state index in [4.69, 9.17) is 0 Å². The van der Waals surface area contributed by atoms with Crippen LogP contribution in [0.2, 0.25) is 0 Å². The number of halogens is 8. The predicted molar refractivity (Wildman–Crippen MR) is 138 cm³/mol. The number of rotatable bonds is 10. The van der Waals surface area contributed by atoms with E-state index < -0.39 is 116 Å². The molecule has 4 rings (SSSR count). The molecule has 1 unspecified atom stereocenters. The fourth-order valence-electron chi connectivity index (χ4n) is 6.21. The zero-order valence-corrected chi connectivity index (χ0v) is 24.8. The number of urea groups is 1. The fraction of sp³-hybridized carbons (Fsp3) is 0.808. The second-order valence-corrected chi connectivity index (χ2v) is 12.5. The number of likely N-dealkylation sites (tertiary alicyclic amines) is 1. The quantitative estimate of drug-likeness (QED) is 0.298. The van der Waals surface area contributed by atoms with Gasteiger partial charge in [0, 0.05) is 57.4 Å². The summed E-state index contributed by atoms with van der Waals surface area (Å²) in [4.78, 5) is 65.5. The molecule has 260 valence electrons. The highest BCUT2D eigenvalue weighted by atomic mass is 19.4. The second kappa shape index (κ2) is 12.7. The lowest BCUT2D eigenvalue weighted by Gasteiger charge is -2.38. The number of hydrogen-bond acceptors (Lipinski definition) is 7. The van der Waals surface area contributed by atoms with Gasteiger partial charge in [0.15, 0.2) is 5.78 Å². The van der Waals surface area contributed by atoms with Crippen molar-refractivity contribution in [1.82, 2.24) is 30.9 Å². The van der Waals surface area contributed by atoms with E-state index in [2.05, 4.69) is 15.4 Å². The van der Waals surface area contributed by atoms with Crippen molar-refractivity contribution >= 4 is 29.5 Å². The minimum Gasteiger partial charge on any atom is -0.356 e. The van der Waals surface area contributed by atoms with E-state index in [0.29, 0.717) is 0 Å². The summed E-state index contributed by atoms with van der Waals surface area (Å²) in [6, 6.07) is -5.51. The topological polar surface area (TPSA) is 140 Å². The molecule has 4 aliphatic rings. The lowest BCUT2D eigenvalue weighted by molar-refractivity contribution is -0.321. The number of hydrazine groups is 1. The average Bonchev–Trinajstić information content (AvgIpc) is 3.28. The van der Waals surface area contributed by atoms with E-state index in [1.807, 2.05) is 0 Å². The highest BCUT2D eigenvalue weighted by Gasteiger charge is 2.69. The normalized spacial score (nSPS) is 27.0. The lowest BCUT2D eigenvalue weighted by atomic mass is 9.96. The molecular weight excluding hydrogens is 644 g/mol. The smallest absolute Gasteiger partial charge is 0.356 e. The van der Waals surface area contributed by atoms with Crippen LogP contribution >= 0.6 is 0 Å². The first kappa shape index (κ1) is 35.6. The third-order valence-corrected chi connectivity index (χ3v) is 8.98. The van der Waals surface area contributed by atoms with Gasteiger partial charge >= 0.3 is 24.5 Å². The Morgan fingerprint density at radius 3 is 2.20 bits per heavy atom. The van der Waals surface area contributed by atoms with E-state index >= 15 is 0 Å². The van der Waals surface area contributed by atoms with Crippen molar-refractivity contribution in [2.45, 2.75) is 76.1 Å². The Kier molecular flexibility index (Phi) is 9.84. The molecule has 12 nitrogen and oxygen atoms in total. The Balaban J connectivity index is 1.56. The number of amides is 5. The summed E-state index contributed by atoms with van der Waals surface area (Å²) >= 11 is 0. The van der Waals surface area contributed by atoms with E-state index in [1.54, 1.807) is 19.2 Å². The van der Waals surface area contributed by atoms with Crippen LogP contribution in [0.1, 0.15) is 39.5 Å². The molecule has 0 aromatic heterocycles. The van der Waals surface area contributed by atoms with Crippen molar-refractivity contribution in [1.29, 1.82) is 0 Å². The summed E-state index contributed by atoms with van der Waals surface area (Å²) in [7, 11) is 0. The van der Waals surface area contributed by atoms with Crippen LogP contribution in [-0.4, -0.2) is 120 Å². The van der Waals surface area contributed by atoms with Gasteiger partial charge < -0.3 is 20.9 Å². The Hall–Kier alpha value is -3.29. The molecular formula is C26H34F8N6O6. The van der Waals surface area contributed by atoms with Gasteiger partial charge in [-0.3, -0.25) is 23.9 Å². The highest BCUT2D eigenvalue weighted by Crippen LogP contribution is 2.59. The van der Waals surface area contributed by atoms with E-state index in [0.717, 1.165) is 10.0 Å². The van der Waals surface area contributed by atoms with Crippen LogP contribution in [0.15, 0.2) is 0 Å². The number of carbonyl (C=O) groups excluding carboxylic acids is 5. The van der Waals surface area contributed by atoms with Crippen LogP contribution in [0.25, 0.3) is 0 Å². The maximum Gasteiger partial charge on any atom is 0.522 e. The summed E-state index contributed by atoms with van der Waals surface area (Å²) in [6.07, 6.45) is -12.0. The number of ketones is 1. The van der Waals surface area contributed by atoms with Crippen molar-refractivity contribution in [3.63, 3.8) is 0 Å². The molecule has 1 saturated carbocycles. The maximum absolute atomic E-state index is 13.7. The van der Waals surface area contributed by atoms with Gasteiger partial charge in [0.1, 0.15) is 12.6 Å². The zero-order valence-electron chi connectivity index (χ0n) is 24.8. The van der Waals surface area contributed by atoms with Crippen LogP contribution in [0.3, 0.4) is 0 Å². The zero-order chi connectivity index (χ0) is 34.4. The first-order valence-corrected chi connectivity index (χ1v) is 14.5. The molecule has 20 heteroatoms. The van der Waals surface area contributed by atoms with Crippen molar-refractivity contribution in [2.24, 2.45) is 17.3 Å². The van der Waals surface area contributed by atoms with E-state index in [9.17, 15) is 59.1 Å². The van der Waals surface area contributed by atoms with E-state index in [-0.39, 0.29) is 32.6 Å². The summed E-state index contributed by atoms with van der Waals surface area (Å²) in [6.45, 7) is 0.801. The average molecular weight is 679 g/mol. The molecule has 46 heavy (non-hydrogen) atoms.